The minimum Gasteiger partial charge on any atom is -0.303 e. The Morgan fingerprint density at radius 1 is 1.57 bits per heavy atom. The fraction of sp³-hybridized carbons (Fsp3) is 0.429. The Balaban J connectivity index is 2.29. The van der Waals surface area contributed by atoms with Crippen LogP contribution in [0.1, 0.15) is 12.7 Å². The highest BCUT2D eigenvalue weighted by atomic mass is 32.1. The Bertz CT molecular complexity index is 453. The van der Waals surface area contributed by atoms with E-state index in [1.54, 1.807) is 11.0 Å². The van der Waals surface area contributed by atoms with Crippen LogP contribution in [-0.2, 0) is 13.1 Å². The summed E-state index contributed by atoms with van der Waals surface area (Å²) < 4.78 is 4.27. The summed E-state index contributed by atoms with van der Waals surface area (Å²) in [5, 5.41) is 10.9. The Hall–Kier alpha value is -1.50. The van der Waals surface area contributed by atoms with Crippen LogP contribution in [0.5, 0.6) is 0 Å². The summed E-state index contributed by atoms with van der Waals surface area (Å²) in [6, 6.07) is 0. The summed E-state index contributed by atoms with van der Waals surface area (Å²) in [5.74, 6) is 0.864. The van der Waals surface area contributed by atoms with E-state index in [0.29, 0.717) is 11.3 Å². The first-order chi connectivity index (χ1) is 6.81. The molecule has 0 aliphatic rings. The predicted octanol–water partition coefficient (Wildman–Crippen LogP) is 0.600. The zero-order chi connectivity index (χ0) is 9.97. The molecular formula is C7H10N6S. The minimum atomic E-state index is 0.584. The van der Waals surface area contributed by atoms with Gasteiger partial charge in [-0.15, -0.1) is 0 Å². The van der Waals surface area contributed by atoms with Gasteiger partial charge in [0, 0.05) is 6.54 Å². The number of aromatic nitrogens is 6. The molecule has 0 fully saturated rings. The van der Waals surface area contributed by atoms with E-state index < -0.39 is 0 Å². The van der Waals surface area contributed by atoms with E-state index in [0.717, 1.165) is 12.4 Å². The molecular weight excluding hydrogens is 200 g/mol. The molecule has 2 aromatic heterocycles. The molecule has 0 aromatic carbocycles. The highest BCUT2D eigenvalue weighted by molar-refractivity contribution is 7.71. The lowest BCUT2D eigenvalue weighted by molar-refractivity contribution is 0.603. The van der Waals surface area contributed by atoms with Crippen LogP contribution in [-0.4, -0.2) is 29.5 Å². The van der Waals surface area contributed by atoms with Gasteiger partial charge in [-0.25, -0.2) is 9.67 Å². The smallest absolute Gasteiger partial charge is 0.195 e. The number of hydrogen-bond acceptors (Lipinski definition) is 4. The first kappa shape index (κ1) is 9.07. The molecule has 14 heavy (non-hydrogen) atoms. The van der Waals surface area contributed by atoms with Gasteiger partial charge >= 0.3 is 0 Å². The molecule has 0 saturated heterocycles. The molecule has 0 aliphatic heterocycles. The molecule has 2 heterocycles. The molecule has 1 N–H and O–H groups in total. The third-order valence-electron chi connectivity index (χ3n) is 1.92. The van der Waals surface area contributed by atoms with Gasteiger partial charge in [-0.2, -0.15) is 10.2 Å². The number of hydrogen-bond donors (Lipinski definition) is 1. The summed E-state index contributed by atoms with van der Waals surface area (Å²) in [5.41, 5.74) is 0. The Morgan fingerprint density at radius 3 is 3.07 bits per heavy atom. The van der Waals surface area contributed by atoms with E-state index >= 15 is 0 Å². The van der Waals surface area contributed by atoms with Crippen molar-refractivity contribution >= 4 is 12.2 Å². The summed E-state index contributed by atoms with van der Waals surface area (Å²) in [6.45, 7) is 3.41. The lowest BCUT2D eigenvalue weighted by Crippen LogP contribution is -2.08. The van der Waals surface area contributed by atoms with Gasteiger partial charge < -0.3 is 4.57 Å². The van der Waals surface area contributed by atoms with Gasteiger partial charge in [-0.05, 0) is 19.1 Å². The molecule has 2 rings (SSSR count). The standard InChI is InChI=1S/C7H10N6S/c1-2-13-6(10-11-7(13)14)3-12-5-8-4-9-12/h4-5H,2-3H2,1H3,(H,11,14). The van der Waals surface area contributed by atoms with E-state index in [1.165, 1.54) is 6.33 Å². The molecule has 6 nitrogen and oxygen atoms in total. The molecule has 0 unspecified atom stereocenters. The fourth-order valence-electron chi connectivity index (χ4n) is 1.26. The second kappa shape index (κ2) is 3.70. The van der Waals surface area contributed by atoms with Crippen LogP contribution in [0, 0.1) is 4.77 Å². The van der Waals surface area contributed by atoms with Crippen molar-refractivity contribution < 1.29 is 0 Å². The van der Waals surface area contributed by atoms with E-state index in [-0.39, 0.29) is 0 Å². The van der Waals surface area contributed by atoms with Crippen molar-refractivity contribution in [1.82, 2.24) is 29.5 Å². The van der Waals surface area contributed by atoms with Crippen molar-refractivity contribution in [3.63, 3.8) is 0 Å². The zero-order valence-electron chi connectivity index (χ0n) is 7.71. The minimum absolute atomic E-state index is 0.584. The first-order valence-corrected chi connectivity index (χ1v) is 4.68. The normalized spacial score (nSPS) is 10.6. The molecule has 0 aliphatic carbocycles. The summed E-state index contributed by atoms with van der Waals surface area (Å²) in [6.07, 6.45) is 3.15. The second-order valence-electron chi connectivity index (χ2n) is 2.78. The monoisotopic (exact) mass is 210 g/mol. The topological polar surface area (TPSA) is 64.3 Å². The number of nitrogens with zero attached hydrogens (tertiary/aromatic N) is 5. The van der Waals surface area contributed by atoms with E-state index in [1.807, 2.05) is 11.5 Å². The first-order valence-electron chi connectivity index (χ1n) is 4.27. The van der Waals surface area contributed by atoms with Crippen molar-refractivity contribution in [2.24, 2.45) is 0 Å². The molecule has 0 amide bonds. The van der Waals surface area contributed by atoms with Gasteiger partial charge in [-0.1, -0.05) is 0 Å². The van der Waals surface area contributed by atoms with Crippen LogP contribution in [0.15, 0.2) is 12.7 Å². The third-order valence-corrected chi connectivity index (χ3v) is 2.24. The third kappa shape index (κ3) is 1.58. The maximum absolute atomic E-state index is 5.07. The van der Waals surface area contributed by atoms with Crippen LogP contribution in [0.2, 0.25) is 0 Å². The molecule has 0 radical (unpaired) electrons. The van der Waals surface area contributed by atoms with Gasteiger partial charge in [-0.3, -0.25) is 5.10 Å². The van der Waals surface area contributed by atoms with Crippen molar-refractivity contribution in [1.29, 1.82) is 0 Å². The van der Waals surface area contributed by atoms with Crippen LogP contribution in [0.4, 0.5) is 0 Å². The summed E-state index contributed by atoms with van der Waals surface area (Å²) in [4.78, 5) is 3.86. The van der Waals surface area contributed by atoms with Gasteiger partial charge in [0.1, 0.15) is 19.2 Å². The van der Waals surface area contributed by atoms with Crippen LogP contribution < -0.4 is 0 Å². The number of aromatic amines is 1. The number of rotatable bonds is 3. The van der Waals surface area contributed by atoms with E-state index in [9.17, 15) is 0 Å². The fourth-order valence-corrected chi connectivity index (χ4v) is 1.54. The van der Waals surface area contributed by atoms with Gasteiger partial charge in [0.2, 0.25) is 0 Å². The van der Waals surface area contributed by atoms with Crippen molar-refractivity contribution in [3.8, 4) is 0 Å². The molecule has 2 aromatic rings. The zero-order valence-corrected chi connectivity index (χ0v) is 8.53. The average molecular weight is 210 g/mol. The lowest BCUT2D eigenvalue weighted by atomic mass is 10.5. The van der Waals surface area contributed by atoms with Crippen molar-refractivity contribution in [2.45, 2.75) is 20.0 Å². The SMILES string of the molecule is CCn1c(Cn2cncn2)n[nH]c1=S. The molecule has 0 spiro atoms. The maximum atomic E-state index is 5.07. The molecule has 0 saturated carbocycles. The predicted molar refractivity (Wildman–Crippen MR) is 52.2 cm³/mol. The maximum Gasteiger partial charge on any atom is 0.195 e. The largest absolute Gasteiger partial charge is 0.303 e. The summed E-state index contributed by atoms with van der Waals surface area (Å²) in [7, 11) is 0. The highest BCUT2D eigenvalue weighted by Gasteiger charge is 2.04. The number of nitrogens with one attached hydrogen (secondary N) is 1. The van der Waals surface area contributed by atoms with Crippen LogP contribution in [0.25, 0.3) is 0 Å². The Morgan fingerprint density at radius 2 is 2.43 bits per heavy atom. The molecule has 74 valence electrons. The Labute approximate surface area is 85.6 Å². The van der Waals surface area contributed by atoms with Crippen LogP contribution >= 0.6 is 12.2 Å². The van der Waals surface area contributed by atoms with Gasteiger partial charge in [0.15, 0.2) is 10.6 Å². The molecule has 7 heteroatoms. The second-order valence-corrected chi connectivity index (χ2v) is 3.17. The average Bonchev–Trinajstić information content (AvgIpc) is 2.77. The Kier molecular flexibility index (Phi) is 2.40. The van der Waals surface area contributed by atoms with Crippen molar-refractivity contribution in [2.75, 3.05) is 0 Å². The van der Waals surface area contributed by atoms with Crippen molar-refractivity contribution in [3.05, 3.63) is 23.3 Å². The molecule has 0 atom stereocenters. The quantitative estimate of drug-likeness (QED) is 0.753. The number of H-pyrrole nitrogens is 1. The van der Waals surface area contributed by atoms with E-state index in [2.05, 4.69) is 20.3 Å². The van der Waals surface area contributed by atoms with E-state index in [4.69, 9.17) is 12.2 Å². The summed E-state index contributed by atoms with van der Waals surface area (Å²) >= 11 is 5.07. The highest BCUT2D eigenvalue weighted by Crippen LogP contribution is 1.99. The van der Waals surface area contributed by atoms with Crippen LogP contribution in [0.3, 0.4) is 0 Å². The van der Waals surface area contributed by atoms with Gasteiger partial charge in [0.05, 0.1) is 0 Å². The lowest BCUT2D eigenvalue weighted by Gasteiger charge is -2.02. The van der Waals surface area contributed by atoms with Gasteiger partial charge in [0.25, 0.3) is 0 Å². The molecule has 0 bridgehead atoms.